The van der Waals surface area contributed by atoms with Gasteiger partial charge in [0, 0.05) is 7.05 Å². The number of nitrogens with zero attached hydrogens (tertiary/aromatic N) is 4. The molecular weight excluding hydrogens is 274 g/mol. The minimum atomic E-state index is -1.01. The summed E-state index contributed by atoms with van der Waals surface area (Å²) in [7, 11) is 1.48. The van der Waals surface area contributed by atoms with Crippen molar-refractivity contribution in [3.63, 3.8) is 0 Å². The van der Waals surface area contributed by atoms with Crippen LogP contribution in [0.25, 0.3) is 0 Å². The Morgan fingerprint density at radius 1 is 1.52 bits per heavy atom. The van der Waals surface area contributed by atoms with Crippen molar-refractivity contribution in [2.24, 2.45) is 0 Å². The lowest BCUT2D eigenvalue weighted by Crippen LogP contribution is -2.42. The van der Waals surface area contributed by atoms with Crippen LogP contribution in [0.2, 0.25) is 0 Å². The Kier molecular flexibility index (Phi) is 4.89. The highest BCUT2D eigenvalue weighted by Gasteiger charge is 2.28. The minimum absolute atomic E-state index is 0.190. The fourth-order valence-electron chi connectivity index (χ4n) is 2.56. The molecule has 0 spiro atoms. The largest absolute Gasteiger partial charge is 0.480 e. The first-order valence-corrected chi connectivity index (χ1v) is 7.17. The first-order valence-electron chi connectivity index (χ1n) is 7.17. The smallest absolute Gasteiger partial charge is 0.326 e. The van der Waals surface area contributed by atoms with E-state index in [2.05, 4.69) is 15.6 Å². The second kappa shape index (κ2) is 6.66. The van der Waals surface area contributed by atoms with Gasteiger partial charge in [0.1, 0.15) is 6.04 Å². The van der Waals surface area contributed by atoms with Gasteiger partial charge in [-0.15, -0.1) is 5.10 Å². The van der Waals surface area contributed by atoms with Gasteiger partial charge in [0.2, 0.25) is 0 Å². The summed E-state index contributed by atoms with van der Waals surface area (Å²) >= 11 is 0. The normalized spacial score (nSPS) is 17.4. The zero-order chi connectivity index (χ0) is 15.4. The van der Waals surface area contributed by atoms with Crippen LogP contribution in [0.4, 0.5) is 0 Å². The lowest BCUT2D eigenvalue weighted by Gasteiger charge is -2.23. The van der Waals surface area contributed by atoms with Crippen LogP contribution in [0.1, 0.15) is 42.7 Å². The van der Waals surface area contributed by atoms with Crippen molar-refractivity contribution in [2.75, 3.05) is 20.1 Å². The van der Waals surface area contributed by atoms with Crippen LogP contribution in [-0.2, 0) is 4.79 Å². The summed E-state index contributed by atoms with van der Waals surface area (Å²) in [6.07, 6.45) is 3.85. The molecule has 8 heteroatoms. The number of nitrogens with one attached hydrogen (secondary N) is 1. The summed E-state index contributed by atoms with van der Waals surface area (Å²) in [5.41, 5.74) is 0.190. The van der Waals surface area contributed by atoms with E-state index < -0.39 is 17.9 Å². The number of carboxylic acid groups (broad SMARTS) is 1. The zero-order valence-electron chi connectivity index (χ0n) is 12.3. The highest BCUT2D eigenvalue weighted by molar-refractivity contribution is 5.94. The Hall–Kier alpha value is -1.96. The van der Waals surface area contributed by atoms with Gasteiger partial charge in [-0.05, 0) is 32.4 Å². The Balaban J connectivity index is 2.09. The number of rotatable bonds is 5. The van der Waals surface area contributed by atoms with Crippen LogP contribution < -0.4 is 5.32 Å². The number of carboxylic acids is 1. The third kappa shape index (κ3) is 3.38. The van der Waals surface area contributed by atoms with E-state index in [9.17, 15) is 9.59 Å². The van der Waals surface area contributed by atoms with Gasteiger partial charge in [-0.25, -0.2) is 9.48 Å². The van der Waals surface area contributed by atoms with Gasteiger partial charge in [0.25, 0.3) is 5.91 Å². The fraction of sp³-hybridized carbons (Fsp3) is 0.692. The highest BCUT2D eigenvalue weighted by atomic mass is 16.4. The number of amides is 1. The number of likely N-dealkylation sites (N-methyl/N-ethyl adjacent to an activating group) is 1. The van der Waals surface area contributed by atoms with E-state index >= 15 is 0 Å². The molecule has 8 nitrogen and oxygen atoms in total. The van der Waals surface area contributed by atoms with Crippen molar-refractivity contribution < 1.29 is 14.7 Å². The molecule has 1 amide bonds. The first-order chi connectivity index (χ1) is 10.0. The van der Waals surface area contributed by atoms with Gasteiger partial charge in [0.15, 0.2) is 5.69 Å². The number of hydrogen-bond donors (Lipinski definition) is 2. The molecule has 1 aliphatic rings. The first kappa shape index (κ1) is 15.4. The molecule has 1 saturated heterocycles. The number of piperidine rings is 1. The predicted octanol–water partition coefficient (Wildman–Crippen LogP) is 0.138. The molecule has 1 atom stereocenters. The molecule has 0 bridgehead atoms. The van der Waals surface area contributed by atoms with E-state index in [4.69, 9.17) is 5.11 Å². The van der Waals surface area contributed by atoms with E-state index in [1.165, 1.54) is 11.9 Å². The lowest BCUT2D eigenvalue weighted by molar-refractivity contribution is -0.142. The highest BCUT2D eigenvalue weighted by Crippen LogP contribution is 2.17. The molecule has 21 heavy (non-hydrogen) atoms. The molecule has 1 unspecified atom stereocenters. The van der Waals surface area contributed by atoms with Gasteiger partial charge < -0.3 is 15.3 Å². The van der Waals surface area contributed by atoms with Crippen molar-refractivity contribution in [3.8, 4) is 0 Å². The molecule has 1 aromatic heterocycles. The van der Waals surface area contributed by atoms with Crippen molar-refractivity contribution in [3.05, 3.63) is 11.9 Å². The zero-order valence-corrected chi connectivity index (χ0v) is 12.3. The van der Waals surface area contributed by atoms with Crippen molar-refractivity contribution in [1.82, 2.24) is 25.2 Å². The van der Waals surface area contributed by atoms with Crippen LogP contribution in [0.15, 0.2) is 6.20 Å². The van der Waals surface area contributed by atoms with Crippen molar-refractivity contribution in [2.45, 2.75) is 38.3 Å². The maximum atomic E-state index is 12.3. The monoisotopic (exact) mass is 295 g/mol. The Bertz CT molecular complexity index is 510. The standard InChI is InChI=1S/C13H21N5O3/c1-3-11(13(20)21)17(2)12(19)10-8-18(16-15-10)9-4-6-14-7-5-9/h8-9,11,14H,3-7H2,1-2H3,(H,20,21). The van der Waals surface area contributed by atoms with Crippen LogP contribution in [0.5, 0.6) is 0 Å². The Labute approximate surface area is 123 Å². The molecule has 1 fully saturated rings. The molecule has 2 heterocycles. The Morgan fingerprint density at radius 3 is 2.76 bits per heavy atom. The number of aromatic nitrogens is 3. The molecule has 0 radical (unpaired) electrons. The van der Waals surface area contributed by atoms with Gasteiger partial charge in [-0.1, -0.05) is 12.1 Å². The average Bonchev–Trinajstić information content (AvgIpc) is 2.97. The van der Waals surface area contributed by atoms with Crippen LogP contribution in [0, 0.1) is 0 Å². The average molecular weight is 295 g/mol. The van der Waals surface area contributed by atoms with Crippen molar-refractivity contribution in [1.29, 1.82) is 0 Å². The van der Waals surface area contributed by atoms with E-state index in [1.54, 1.807) is 17.8 Å². The van der Waals surface area contributed by atoms with Crippen LogP contribution >= 0.6 is 0 Å². The molecule has 1 aromatic rings. The molecule has 1 aliphatic heterocycles. The summed E-state index contributed by atoms with van der Waals surface area (Å²) in [4.78, 5) is 24.6. The van der Waals surface area contributed by atoms with Crippen molar-refractivity contribution >= 4 is 11.9 Å². The quantitative estimate of drug-likeness (QED) is 0.801. The van der Waals surface area contributed by atoms with E-state index in [-0.39, 0.29) is 11.7 Å². The molecule has 2 N–H and O–H groups in total. The van der Waals surface area contributed by atoms with Crippen LogP contribution in [0.3, 0.4) is 0 Å². The second-order valence-electron chi connectivity index (χ2n) is 5.24. The number of aliphatic carboxylic acids is 1. The number of carbonyl (C=O) groups excluding carboxylic acids is 1. The predicted molar refractivity (Wildman–Crippen MR) is 75.0 cm³/mol. The van der Waals surface area contributed by atoms with Gasteiger partial charge in [0.05, 0.1) is 12.2 Å². The molecule has 0 aromatic carbocycles. The summed E-state index contributed by atoms with van der Waals surface area (Å²) in [6, 6.07) is -0.603. The lowest BCUT2D eigenvalue weighted by atomic mass is 10.1. The fourth-order valence-corrected chi connectivity index (χ4v) is 2.56. The van der Waals surface area contributed by atoms with Crippen LogP contribution in [-0.4, -0.2) is 63.1 Å². The number of hydrogen-bond acceptors (Lipinski definition) is 5. The molecule has 0 aliphatic carbocycles. The molecule has 0 saturated carbocycles. The van der Waals surface area contributed by atoms with E-state index in [0.29, 0.717) is 6.42 Å². The molecule has 2 rings (SSSR count). The third-order valence-corrected chi connectivity index (χ3v) is 3.87. The van der Waals surface area contributed by atoms with Gasteiger partial charge in [-0.2, -0.15) is 0 Å². The minimum Gasteiger partial charge on any atom is -0.480 e. The van der Waals surface area contributed by atoms with Gasteiger partial charge >= 0.3 is 5.97 Å². The SMILES string of the molecule is CCC(C(=O)O)N(C)C(=O)c1cn(C2CCNCC2)nn1. The molecule has 116 valence electrons. The Morgan fingerprint density at radius 2 is 2.19 bits per heavy atom. The summed E-state index contributed by atoms with van der Waals surface area (Å²) < 4.78 is 1.71. The third-order valence-electron chi connectivity index (χ3n) is 3.87. The summed E-state index contributed by atoms with van der Waals surface area (Å²) in [5, 5.41) is 20.3. The number of carbonyl (C=O) groups is 2. The van der Waals surface area contributed by atoms with E-state index in [0.717, 1.165) is 25.9 Å². The topological polar surface area (TPSA) is 100 Å². The second-order valence-corrected chi connectivity index (χ2v) is 5.24. The summed E-state index contributed by atoms with van der Waals surface area (Å²) in [5.74, 6) is -1.43. The van der Waals surface area contributed by atoms with Gasteiger partial charge in [-0.3, -0.25) is 4.79 Å². The maximum absolute atomic E-state index is 12.3. The maximum Gasteiger partial charge on any atom is 0.326 e. The molecular formula is C13H21N5O3. The van der Waals surface area contributed by atoms with E-state index in [1.807, 2.05) is 0 Å². The summed E-state index contributed by atoms with van der Waals surface area (Å²) in [6.45, 7) is 3.57.